The topological polar surface area (TPSA) is 29.6 Å². The van der Waals surface area contributed by atoms with Crippen LogP contribution in [0.25, 0.3) is 0 Å². The minimum Gasteiger partial charge on any atom is -0.352 e. The zero-order valence-electron chi connectivity index (χ0n) is 11.5. The lowest BCUT2D eigenvalue weighted by molar-refractivity contribution is 0.0867. The molecule has 106 valence electrons. The second-order valence-corrected chi connectivity index (χ2v) is 5.78. The van der Waals surface area contributed by atoms with Crippen LogP contribution in [0.15, 0.2) is 48.5 Å². The molecule has 0 saturated carbocycles. The SMILES string of the molecule is O=C1c2ccccc2CCC[C@]12O[C@H]2c1ccc(F)cc1. The van der Waals surface area contributed by atoms with Gasteiger partial charge in [-0.05, 0) is 42.5 Å². The first-order chi connectivity index (χ1) is 10.2. The van der Waals surface area contributed by atoms with Crippen LogP contribution >= 0.6 is 0 Å². The number of aryl methyl sites for hydroxylation is 1. The second-order valence-electron chi connectivity index (χ2n) is 5.78. The van der Waals surface area contributed by atoms with Crippen LogP contribution in [0.4, 0.5) is 4.39 Å². The second kappa shape index (κ2) is 4.50. The van der Waals surface area contributed by atoms with Crippen LogP contribution in [0.1, 0.15) is 40.4 Å². The molecule has 0 N–H and O–H groups in total. The Bertz CT molecular complexity index is 707. The number of halogens is 1. The molecule has 0 amide bonds. The summed E-state index contributed by atoms with van der Waals surface area (Å²) >= 11 is 0. The van der Waals surface area contributed by atoms with Crippen molar-refractivity contribution < 1.29 is 13.9 Å². The number of fused-ring (bicyclic) bond motifs is 1. The van der Waals surface area contributed by atoms with Crippen molar-refractivity contribution in [1.29, 1.82) is 0 Å². The summed E-state index contributed by atoms with van der Waals surface area (Å²) in [5.41, 5.74) is 2.03. The lowest BCUT2D eigenvalue weighted by atomic mass is 9.89. The molecule has 4 rings (SSSR count). The molecule has 2 aromatic rings. The van der Waals surface area contributed by atoms with Crippen LogP contribution in [0, 0.1) is 5.82 Å². The third-order valence-electron chi connectivity index (χ3n) is 4.51. The van der Waals surface area contributed by atoms with E-state index in [4.69, 9.17) is 4.74 Å². The standard InChI is InChI=1S/C18H15FO2/c19-14-9-7-13(8-10-14)17-18(21-17)11-3-5-12-4-1-2-6-15(12)16(18)20/h1-2,4,6-10,17H,3,5,11H2/t17-,18-/m0/s1. The molecule has 21 heavy (non-hydrogen) atoms. The van der Waals surface area contributed by atoms with Crippen LogP contribution in [0.5, 0.6) is 0 Å². The van der Waals surface area contributed by atoms with E-state index in [0.717, 1.165) is 36.0 Å². The first-order valence-corrected chi connectivity index (χ1v) is 7.27. The van der Waals surface area contributed by atoms with Crippen molar-refractivity contribution in [2.24, 2.45) is 0 Å². The van der Waals surface area contributed by atoms with Gasteiger partial charge in [0.15, 0.2) is 11.4 Å². The maximum Gasteiger partial charge on any atom is 0.197 e. The summed E-state index contributed by atoms with van der Waals surface area (Å²) in [7, 11) is 0. The number of Topliss-reactive ketones (excluding diaryl/α,β-unsaturated/α-hetero) is 1. The van der Waals surface area contributed by atoms with Crippen molar-refractivity contribution in [2.45, 2.75) is 31.0 Å². The van der Waals surface area contributed by atoms with E-state index in [0.29, 0.717) is 0 Å². The molecule has 1 spiro atoms. The Labute approximate surface area is 122 Å². The van der Waals surface area contributed by atoms with E-state index in [1.807, 2.05) is 24.3 Å². The molecule has 3 heteroatoms. The Balaban J connectivity index is 1.70. The summed E-state index contributed by atoms with van der Waals surface area (Å²) in [6.07, 6.45) is 2.32. The average molecular weight is 282 g/mol. The largest absolute Gasteiger partial charge is 0.352 e. The number of benzene rings is 2. The number of ketones is 1. The van der Waals surface area contributed by atoms with Crippen LogP contribution in [-0.4, -0.2) is 11.4 Å². The van der Waals surface area contributed by atoms with Gasteiger partial charge in [0.2, 0.25) is 0 Å². The molecular formula is C18H15FO2. The lowest BCUT2D eigenvalue weighted by Crippen LogP contribution is -2.24. The lowest BCUT2D eigenvalue weighted by Gasteiger charge is -2.09. The maximum atomic E-state index is 13.0. The van der Waals surface area contributed by atoms with Crippen LogP contribution < -0.4 is 0 Å². The molecule has 1 fully saturated rings. The van der Waals surface area contributed by atoms with Gasteiger partial charge in [-0.25, -0.2) is 4.39 Å². The fraction of sp³-hybridized carbons (Fsp3) is 0.278. The summed E-state index contributed by atoms with van der Waals surface area (Å²) in [5, 5.41) is 0. The number of hydrogen-bond acceptors (Lipinski definition) is 2. The number of rotatable bonds is 1. The number of carbonyl (C=O) groups excluding carboxylic acids is 1. The van der Waals surface area contributed by atoms with E-state index in [2.05, 4.69) is 0 Å². The maximum absolute atomic E-state index is 13.0. The van der Waals surface area contributed by atoms with Gasteiger partial charge < -0.3 is 4.74 Å². The highest BCUT2D eigenvalue weighted by Gasteiger charge is 2.62. The molecule has 2 atom stereocenters. The fourth-order valence-electron chi connectivity index (χ4n) is 3.36. The van der Waals surface area contributed by atoms with Gasteiger partial charge in [-0.1, -0.05) is 36.4 Å². The summed E-state index contributed by atoms with van der Waals surface area (Å²) < 4.78 is 18.9. The van der Waals surface area contributed by atoms with Gasteiger partial charge in [0, 0.05) is 5.56 Å². The highest BCUT2D eigenvalue weighted by atomic mass is 19.1. The van der Waals surface area contributed by atoms with Crippen molar-refractivity contribution in [3.05, 3.63) is 71.0 Å². The molecule has 2 nitrogen and oxygen atoms in total. The smallest absolute Gasteiger partial charge is 0.197 e. The monoisotopic (exact) mass is 282 g/mol. The number of ether oxygens (including phenoxy) is 1. The van der Waals surface area contributed by atoms with Crippen molar-refractivity contribution in [3.63, 3.8) is 0 Å². The van der Waals surface area contributed by atoms with Gasteiger partial charge in [0.05, 0.1) is 0 Å². The van der Waals surface area contributed by atoms with E-state index in [9.17, 15) is 9.18 Å². The highest BCUT2D eigenvalue weighted by Crippen LogP contribution is 2.55. The van der Waals surface area contributed by atoms with E-state index < -0.39 is 5.60 Å². The molecule has 1 saturated heterocycles. The fourth-order valence-corrected chi connectivity index (χ4v) is 3.36. The Kier molecular flexibility index (Phi) is 2.73. The van der Waals surface area contributed by atoms with Gasteiger partial charge in [0.1, 0.15) is 11.9 Å². The van der Waals surface area contributed by atoms with Gasteiger partial charge in [-0.2, -0.15) is 0 Å². The molecular weight excluding hydrogens is 267 g/mol. The predicted octanol–water partition coefficient (Wildman–Crippen LogP) is 3.86. The van der Waals surface area contributed by atoms with Gasteiger partial charge >= 0.3 is 0 Å². The van der Waals surface area contributed by atoms with Gasteiger partial charge in [0.25, 0.3) is 0 Å². The van der Waals surface area contributed by atoms with Crippen molar-refractivity contribution in [1.82, 2.24) is 0 Å². The first kappa shape index (κ1) is 12.7. The molecule has 2 aliphatic rings. The van der Waals surface area contributed by atoms with Crippen molar-refractivity contribution in [3.8, 4) is 0 Å². The van der Waals surface area contributed by atoms with Crippen LogP contribution in [0.2, 0.25) is 0 Å². The number of carbonyl (C=O) groups is 1. The van der Waals surface area contributed by atoms with Gasteiger partial charge in [-0.15, -0.1) is 0 Å². The molecule has 0 aromatic heterocycles. The number of epoxide rings is 1. The summed E-state index contributed by atoms with van der Waals surface area (Å²) in [6, 6.07) is 14.0. The zero-order valence-corrected chi connectivity index (χ0v) is 11.5. The molecule has 1 heterocycles. The van der Waals surface area contributed by atoms with Crippen LogP contribution in [-0.2, 0) is 11.2 Å². The highest BCUT2D eigenvalue weighted by molar-refractivity contribution is 6.06. The van der Waals surface area contributed by atoms with E-state index >= 15 is 0 Å². The third-order valence-corrected chi connectivity index (χ3v) is 4.51. The molecule has 0 unspecified atom stereocenters. The molecule has 0 radical (unpaired) electrons. The average Bonchev–Trinajstić information content (AvgIpc) is 3.25. The first-order valence-electron chi connectivity index (χ1n) is 7.27. The summed E-state index contributed by atoms with van der Waals surface area (Å²) in [5.74, 6) is -0.198. The molecule has 1 aliphatic heterocycles. The molecule has 0 bridgehead atoms. The minimum absolute atomic E-state index is 0.0740. The summed E-state index contributed by atoms with van der Waals surface area (Å²) in [6.45, 7) is 0. The zero-order chi connectivity index (χ0) is 14.4. The quantitative estimate of drug-likeness (QED) is 0.743. The van der Waals surface area contributed by atoms with E-state index in [1.165, 1.54) is 12.1 Å². The minimum atomic E-state index is -0.732. The van der Waals surface area contributed by atoms with Gasteiger partial charge in [-0.3, -0.25) is 4.79 Å². The Morgan fingerprint density at radius 1 is 1.10 bits per heavy atom. The Morgan fingerprint density at radius 3 is 2.67 bits per heavy atom. The molecule has 2 aromatic carbocycles. The van der Waals surface area contributed by atoms with E-state index in [1.54, 1.807) is 12.1 Å². The Morgan fingerprint density at radius 2 is 1.86 bits per heavy atom. The predicted molar refractivity (Wildman–Crippen MR) is 76.7 cm³/mol. The Hall–Kier alpha value is -2.00. The van der Waals surface area contributed by atoms with Crippen molar-refractivity contribution >= 4 is 5.78 Å². The van der Waals surface area contributed by atoms with Crippen LogP contribution in [0.3, 0.4) is 0 Å². The van der Waals surface area contributed by atoms with Crippen molar-refractivity contribution in [2.75, 3.05) is 0 Å². The molecule has 1 aliphatic carbocycles. The number of hydrogen-bond donors (Lipinski definition) is 0. The third kappa shape index (κ3) is 1.92. The normalized spacial score (nSPS) is 27.3. The summed E-state index contributed by atoms with van der Waals surface area (Å²) in [4.78, 5) is 12.9. The van der Waals surface area contributed by atoms with E-state index in [-0.39, 0.29) is 17.7 Å².